The number of rotatable bonds is 3. The van der Waals surface area contributed by atoms with E-state index < -0.39 is 17.5 Å². The number of hydrogen-bond donors (Lipinski definition) is 2. The van der Waals surface area contributed by atoms with Crippen molar-refractivity contribution >= 4 is 11.6 Å². The molecule has 0 spiro atoms. The summed E-state index contributed by atoms with van der Waals surface area (Å²) in [7, 11) is 0. The fourth-order valence-electron chi connectivity index (χ4n) is 1.87. The van der Waals surface area contributed by atoms with Gasteiger partial charge in [-0.3, -0.25) is 4.79 Å². The van der Waals surface area contributed by atoms with Gasteiger partial charge in [0.2, 0.25) is 0 Å². The fourth-order valence-corrected chi connectivity index (χ4v) is 1.87. The largest absolute Gasteiger partial charge is 0.399 e. The minimum Gasteiger partial charge on any atom is -0.399 e. The van der Waals surface area contributed by atoms with Gasteiger partial charge in [-0.2, -0.15) is 0 Å². The van der Waals surface area contributed by atoms with E-state index in [0.29, 0.717) is 5.69 Å². The maximum Gasteiger partial charge on any atom is 0.254 e. The van der Waals surface area contributed by atoms with Crippen LogP contribution in [0.1, 0.15) is 28.9 Å². The molecule has 1 amide bonds. The first-order valence-electron chi connectivity index (χ1n) is 6.09. The molecule has 0 radical (unpaired) electrons. The van der Waals surface area contributed by atoms with Crippen LogP contribution in [0.3, 0.4) is 0 Å². The summed E-state index contributed by atoms with van der Waals surface area (Å²) in [6.07, 6.45) is 0. The standard InChI is InChI=1S/C15H14F2N2O/c1-9(10-4-2-5-11(18)8-10)19-15(20)12-6-3-7-13(16)14(12)17/h2-9H,18H2,1H3,(H,19,20). The van der Waals surface area contributed by atoms with Gasteiger partial charge in [-0.1, -0.05) is 18.2 Å². The van der Waals surface area contributed by atoms with Crippen LogP contribution in [0.2, 0.25) is 0 Å². The fraction of sp³-hybridized carbons (Fsp3) is 0.133. The number of nitrogen functional groups attached to an aromatic ring is 1. The molecule has 3 N–H and O–H groups in total. The van der Waals surface area contributed by atoms with Crippen LogP contribution in [0.15, 0.2) is 42.5 Å². The molecule has 3 nitrogen and oxygen atoms in total. The summed E-state index contributed by atoms with van der Waals surface area (Å²) in [6, 6.07) is 10.1. The second-order valence-electron chi connectivity index (χ2n) is 4.47. The molecule has 0 heterocycles. The van der Waals surface area contributed by atoms with Gasteiger partial charge in [0.1, 0.15) is 0 Å². The highest BCUT2D eigenvalue weighted by Gasteiger charge is 2.17. The highest BCUT2D eigenvalue weighted by molar-refractivity contribution is 5.94. The number of nitrogens with one attached hydrogen (secondary N) is 1. The van der Waals surface area contributed by atoms with Gasteiger partial charge in [-0.05, 0) is 36.8 Å². The third kappa shape index (κ3) is 2.93. The van der Waals surface area contributed by atoms with Crippen molar-refractivity contribution in [2.24, 2.45) is 0 Å². The Hall–Kier alpha value is -2.43. The molecule has 0 aliphatic heterocycles. The Labute approximate surface area is 115 Å². The minimum atomic E-state index is -1.15. The summed E-state index contributed by atoms with van der Waals surface area (Å²) in [5.74, 6) is -2.86. The Kier molecular flexibility index (Phi) is 3.98. The Morgan fingerprint density at radius 1 is 1.20 bits per heavy atom. The molecule has 20 heavy (non-hydrogen) atoms. The number of anilines is 1. The van der Waals surface area contributed by atoms with Crippen molar-refractivity contribution < 1.29 is 13.6 Å². The van der Waals surface area contributed by atoms with E-state index in [1.807, 2.05) is 0 Å². The molecular formula is C15H14F2N2O. The van der Waals surface area contributed by atoms with Crippen LogP contribution < -0.4 is 11.1 Å². The van der Waals surface area contributed by atoms with Crippen molar-refractivity contribution in [2.45, 2.75) is 13.0 Å². The third-order valence-corrected chi connectivity index (χ3v) is 2.95. The van der Waals surface area contributed by atoms with E-state index in [2.05, 4.69) is 5.32 Å². The average molecular weight is 276 g/mol. The smallest absolute Gasteiger partial charge is 0.254 e. The summed E-state index contributed by atoms with van der Waals surface area (Å²) >= 11 is 0. The van der Waals surface area contributed by atoms with Crippen molar-refractivity contribution in [1.82, 2.24) is 5.32 Å². The number of halogens is 2. The third-order valence-electron chi connectivity index (χ3n) is 2.95. The molecule has 2 rings (SSSR count). The van der Waals surface area contributed by atoms with E-state index in [4.69, 9.17) is 5.73 Å². The predicted molar refractivity (Wildman–Crippen MR) is 73.1 cm³/mol. The normalized spacial score (nSPS) is 11.9. The highest BCUT2D eigenvalue weighted by Crippen LogP contribution is 2.17. The molecule has 0 saturated carbocycles. The predicted octanol–water partition coefficient (Wildman–Crippen LogP) is 3.04. The number of hydrogen-bond acceptors (Lipinski definition) is 2. The second-order valence-corrected chi connectivity index (χ2v) is 4.47. The highest BCUT2D eigenvalue weighted by atomic mass is 19.2. The Morgan fingerprint density at radius 2 is 1.90 bits per heavy atom. The van der Waals surface area contributed by atoms with Crippen molar-refractivity contribution in [3.05, 3.63) is 65.2 Å². The van der Waals surface area contributed by atoms with Gasteiger partial charge >= 0.3 is 0 Å². The molecule has 104 valence electrons. The molecule has 1 atom stereocenters. The maximum atomic E-state index is 13.5. The van der Waals surface area contributed by atoms with Crippen molar-refractivity contribution in [3.63, 3.8) is 0 Å². The van der Waals surface area contributed by atoms with E-state index in [1.165, 1.54) is 12.1 Å². The van der Waals surface area contributed by atoms with Gasteiger partial charge in [-0.15, -0.1) is 0 Å². The number of benzene rings is 2. The first kappa shape index (κ1) is 14.0. The molecule has 0 fully saturated rings. The maximum absolute atomic E-state index is 13.5. The monoisotopic (exact) mass is 276 g/mol. The Balaban J connectivity index is 2.17. The van der Waals surface area contributed by atoms with Gasteiger partial charge < -0.3 is 11.1 Å². The minimum absolute atomic E-state index is 0.319. The van der Waals surface area contributed by atoms with Gasteiger partial charge in [0.15, 0.2) is 11.6 Å². The molecule has 0 aromatic heterocycles. The molecule has 2 aromatic rings. The van der Waals surface area contributed by atoms with Crippen LogP contribution in [0.25, 0.3) is 0 Å². The zero-order valence-electron chi connectivity index (χ0n) is 10.9. The van der Waals surface area contributed by atoms with Crippen molar-refractivity contribution in [1.29, 1.82) is 0 Å². The van der Waals surface area contributed by atoms with Gasteiger partial charge in [0, 0.05) is 5.69 Å². The topological polar surface area (TPSA) is 55.1 Å². The van der Waals surface area contributed by atoms with E-state index in [0.717, 1.165) is 11.6 Å². The summed E-state index contributed by atoms with van der Waals surface area (Å²) in [5.41, 5.74) is 6.70. The van der Waals surface area contributed by atoms with E-state index in [9.17, 15) is 13.6 Å². The summed E-state index contributed by atoms with van der Waals surface area (Å²) in [5, 5.41) is 2.61. The second kappa shape index (κ2) is 5.69. The van der Waals surface area contributed by atoms with E-state index in [1.54, 1.807) is 31.2 Å². The van der Waals surface area contributed by atoms with Gasteiger partial charge in [-0.25, -0.2) is 8.78 Å². The number of carbonyl (C=O) groups excluding carboxylic acids is 1. The molecular weight excluding hydrogens is 262 g/mol. The molecule has 1 unspecified atom stereocenters. The number of amides is 1. The first-order valence-corrected chi connectivity index (χ1v) is 6.09. The lowest BCUT2D eigenvalue weighted by Crippen LogP contribution is -2.27. The van der Waals surface area contributed by atoms with Crippen LogP contribution in [0.5, 0.6) is 0 Å². The molecule has 5 heteroatoms. The number of nitrogens with two attached hydrogens (primary N) is 1. The Morgan fingerprint density at radius 3 is 2.60 bits per heavy atom. The Bertz CT molecular complexity index is 644. The first-order chi connectivity index (χ1) is 9.49. The lowest BCUT2D eigenvalue weighted by molar-refractivity contribution is 0.0934. The summed E-state index contributed by atoms with van der Waals surface area (Å²) in [6.45, 7) is 1.74. The molecule has 0 bridgehead atoms. The zero-order valence-corrected chi connectivity index (χ0v) is 10.9. The summed E-state index contributed by atoms with van der Waals surface area (Å²) < 4.78 is 26.6. The van der Waals surface area contributed by atoms with E-state index >= 15 is 0 Å². The van der Waals surface area contributed by atoms with Crippen LogP contribution in [0.4, 0.5) is 14.5 Å². The average Bonchev–Trinajstić information content (AvgIpc) is 2.41. The lowest BCUT2D eigenvalue weighted by Gasteiger charge is -2.15. The van der Waals surface area contributed by atoms with Gasteiger partial charge in [0.05, 0.1) is 11.6 Å². The molecule has 0 aliphatic rings. The molecule has 2 aromatic carbocycles. The van der Waals surface area contributed by atoms with Crippen LogP contribution >= 0.6 is 0 Å². The van der Waals surface area contributed by atoms with Crippen LogP contribution in [-0.4, -0.2) is 5.91 Å². The molecule has 0 aliphatic carbocycles. The zero-order chi connectivity index (χ0) is 14.7. The van der Waals surface area contributed by atoms with Gasteiger partial charge in [0.25, 0.3) is 5.91 Å². The van der Waals surface area contributed by atoms with E-state index in [-0.39, 0.29) is 11.6 Å². The van der Waals surface area contributed by atoms with Crippen molar-refractivity contribution in [3.8, 4) is 0 Å². The SMILES string of the molecule is CC(NC(=O)c1cccc(F)c1F)c1cccc(N)c1. The quantitative estimate of drug-likeness (QED) is 0.847. The van der Waals surface area contributed by atoms with Crippen molar-refractivity contribution in [2.75, 3.05) is 5.73 Å². The lowest BCUT2D eigenvalue weighted by atomic mass is 10.1. The van der Waals surface area contributed by atoms with Crippen LogP contribution in [-0.2, 0) is 0 Å². The summed E-state index contributed by atoms with van der Waals surface area (Å²) in [4.78, 5) is 11.9. The molecule has 0 saturated heterocycles. The number of carbonyl (C=O) groups is 1. The van der Waals surface area contributed by atoms with Crippen LogP contribution in [0, 0.1) is 11.6 Å².